The average Bonchev–Trinajstić information content (AvgIpc) is 3.34. The second-order valence-corrected chi connectivity index (χ2v) is 9.64. The third-order valence-corrected chi connectivity index (χ3v) is 6.78. The van der Waals surface area contributed by atoms with E-state index in [9.17, 15) is 4.79 Å². The van der Waals surface area contributed by atoms with E-state index in [1.807, 2.05) is 91.0 Å². The van der Waals surface area contributed by atoms with Gasteiger partial charge in [0.05, 0.1) is 32.5 Å². The van der Waals surface area contributed by atoms with E-state index in [-0.39, 0.29) is 12.0 Å². The Morgan fingerprint density at radius 2 is 1.26 bits per heavy atom. The molecule has 5 rings (SSSR count). The van der Waals surface area contributed by atoms with Crippen molar-refractivity contribution in [3.8, 4) is 0 Å². The Bertz CT molecular complexity index is 1120. The molecule has 200 valence electrons. The summed E-state index contributed by atoms with van der Waals surface area (Å²) in [6.07, 6.45) is -2.04. The molecule has 2 heterocycles. The number of ether oxygens (including phenoxy) is 6. The van der Waals surface area contributed by atoms with Crippen molar-refractivity contribution in [2.24, 2.45) is 5.92 Å². The van der Waals surface area contributed by atoms with Crippen molar-refractivity contribution < 1.29 is 33.2 Å². The largest absolute Gasteiger partial charge is 0.436 e. The number of hydrogen-bond donors (Lipinski definition) is 0. The van der Waals surface area contributed by atoms with Crippen LogP contribution in [0.3, 0.4) is 0 Å². The molecule has 0 spiro atoms. The van der Waals surface area contributed by atoms with Crippen molar-refractivity contribution in [1.82, 2.24) is 0 Å². The smallest absolute Gasteiger partial charge is 0.304 e. The Labute approximate surface area is 223 Å². The SMILES string of the molecule is CC(=O)OC1C[C@H]2[C@@H](O1)O[C@H](COCc1ccccc1)[C@@H](OCc1ccccc1)[C@@H]2OCc1ccccc1. The summed E-state index contributed by atoms with van der Waals surface area (Å²) in [6.45, 7) is 2.94. The van der Waals surface area contributed by atoms with Crippen molar-refractivity contribution in [2.45, 2.75) is 64.1 Å². The predicted octanol–water partition coefficient (Wildman–Crippen LogP) is 5.02. The molecule has 7 heteroatoms. The highest BCUT2D eigenvalue weighted by Crippen LogP contribution is 2.40. The highest BCUT2D eigenvalue weighted by atomic mass is 16.8. The quantitative estimate of drug-likeness (QED) is 0.330. The van der Waals surface area contributed by atoms with Gasteiger partial charge in [-0.15, -0.1) is 0 Å². The normalized spacial score (nSPS) is 26.6. The maximum Gasteiger partial charge on any atom is 0.304 e. The third-order valence-electron chi connectivity index (χ3n) is 6.78. The van der Waals surface area contributed by atoms with Gasteiger partial charge in [0.15, 0.2) is 6.29 Å². The first-order valence-corrected chi connectivity index (χ1v) is 13.1. The number of benzene rings is 3. The second kappa shape index (κ2) is 13.1. The molecule has 0 N–H and O–H groups in total. The highest BCUT2D eigenvalue weighted by molar-refractivity contribution is 5.66. The molecule has 2 saturated heterocycles. The van der Waals surface area contributed by atoms with Gasteiger partial charge in [-0.2, -0.15) is 0 Å². The molecule has 2 fully saturated rings. The molecule has 3 aromatic carbocycles. The Balaban J connectivity index is 1.35. The third kappa shape index (κ3) is 7.07. The van der Waals surface area contributed by atoms with E-state index in [2.05, 4.69) is 0 Å². The lowest BCUT2D eigenvalue weighted by atomic mass is 9.89. The van der Waals surface area contributed by atoms with Gasteiger partial charge < -0.3 is 28.4 Å². The fraction of sp³-hybridized carbons (Fsp3) is 0.387. The Morgan fingerprint density at radius 3 is 1.82 bits per heavy atom. The van der Waals surface area contributed by atoms with Crippen LogP contribution in [0.15, 0.2) is 91.0 Å². The molecule has 2 aliphatic heterocycles. The standard InChI is InChI=1S/C31H34O7/c1-22(32)36-28-17-26-29(34-19-24-13-7-3-8-14-24)30(35-20-25-15-9-4-10-16-25)27(37-31(26)38-28)21-33-18-23-11-5-2-6-12-23/h2-16,26-31H,17-21H2,1H3/t26-,27-,28?,29-,30-,31-/m1/s1. The van der Waals surface area contributed by atoms with Crippen molar-refractivity contribution in [1.29, 1.82) is 0 Å². The second-order valence-electron chi connectivity index (χ2n) is 9.64. The number of fused-ring (bicyclic) bond motifs is 1. The van der Waals surface area contributed by atoms with Crippen LogP contribution in [0, 0.1) is 5.92 Å². The Morgan fingerprint density at radius 1 is 0.737 bits per heavy atom. The van der Waals surface area contributed by atoms with Gasteiger partial charge in [-0.3, -0.25) is 4.79 Å². The summed E-state index contributed by atoms with van der Waals surface area (Å²) in [5.74, 6) is -0.566. The molecule has 3 aromatic rings. The lowest BCUT2D eigenvalue weighted by molar-refractivity contribution is -0.295. The highest BCUT2D eigenvalue weighted by Gasteiger charge is 2.53. The molecule has 0 bridgehead atoms. The maximum atomic E-state index is 11.6. The van der Waals surface area contributed by atoms with Gasteiger partial charge >= 0.3 is 5.97 Å². The molecule has 7 nitrogen and oxygen atoms in total. The zero-order valence-corrected chi connectivity index (χ0v) is 21.5. The minimum Gasteiger partial charge on any atom is -0.436 e. The number of hydrogen-bond acceptors (Lipinski definition) is 7. The minimum atomic E-state index is -0.691. The molecule has 6 atom stereocenters. The summed E-state index contributed by atoms with van der Waals surface area (Å²) in [4.78, 5) is 11.6. The van der Waals surface area contributed by atoms with Crippen molar-refractivity contribution in [3.63, 3.8) is 0 Å². The first-order valence-electron chi connectivity index (χ1n) is 13.1. The van der Waals surface area contributed by atoms with E-state index in [1.165, 1.54) is 6.92 Å². The molecule has 0 aliphatic carbocycles. The average molecular weight is 519 g/mol. The molecule has 0 amide bonds. The van der Waals surface area contributed by atoms with E-state index in [0.717, 1.165) is 16.7 Å². The molecule has 2 aliphatic rings. The molecular formula is C31H34O7. The Kier molecular flexibility index (Phi) is 9.17. The van der Waals surface area contributed by atoms with Crippen LogP contribution in [0.4, 0.5) is 0 Å². The van der Waals surface area contributed by atoms with E-state index in [4.69, 9.17) is 28.4 Å². The monoisotopic (exact) mass is 518 g/mol. The van der Waals surface area contributed by atoms with Crippen LogP contribution < -0.4 is 0 Å². The summed E-state index contributed by atoms with van der Waals surface area (Å²) in [5, 5.41) is 0. The maximum absolute atomic E-state index is 11.6. The van der Waals surface area contributed by atoms with Gasteiger partial charge in [0.25, 0.3) is 0 Å². The summed E-state index contributed by atoms with van der Waals surface area (Å²) < 4.78 is 37.0. The number of rotatable bonds is 11. The van der Waals surface area contributed by atoms with Crippen molar-refractivity contribution in [2.75, 3.05) is 6.61 Å². The summed E-state index contributed by atoms with van der Waals surface area (Å²) >= 11 is 0. The number of carbonyl (C=O) groups excluding carboxylic acids is 1. The Hall–Kier alpha value is -3.07. The van der Waals surface area contributed by atoms with Crippen LogP contribution >= 0.6 is 0 Å². The van der Waals surface area contributed by atoms with Crippen LogP contribution in [-0.2, 0) is 53.0 Å². The van der Waals surface area contributed by atoms with Crippen molar-refractivity contribution in [3.05, 3.63) is 108 Å². The van der Waals surface area contributed by atoms with Gasteiger partial charge in [0, 0.05) is 19.3 Å². The van der Waals surface area contributed by atoms with Gasteiger partial charge in [0.2, 0.25) is 6.29 Å². The van der Waals surface area contributed by atoms with Crippen LogP contribution in [-0.4, -0.2) is 43.5 Å². The fourth-order valence-electron chi connectivity index (χ4n) is 4.98. The zero-order valence-electron chi connectivity index (χ0n) is 21.5. The fourth-order valence-corrected chi connectivity index (χ4v) is 4.98. The van der Waals surface area contributed by atoms with Crippen LogP contribution in [0.25, 0.3) is 0 Å². The van der Waals surface area contributed by atoms with Gasteiger partial charge in [-0.1, -0.05) is 91.0 Å². The van der Waals surface area contributed by atoms with Gasteiger partial charge in [-0.05, 0) is 16.7 Å². The molecule has 0 radical (unpaired) electrons. The number of carbonyl (C=O) groups is 1. The summed E-state index contributed by atoms with van der Waals surface area (Å²) in [5.41, 5.74) is 3.19. The van der Waals surface area contributed by atoms with Crippen LogP contribution in [0.2, 0.25) is 0 Å². The molecule has 1 unspecified atom stereocenters. The molecule has 0 aromatic heterocycles. The predicted molar refractivity (Wildman–Crippen MR) is 140 cm³/mol. The lowest BCUT2D eigenvalue weighted by Crippen LogP contribution is -2.56. The topological polar surface area (TPSA) is 72.5 Å². The van der Waals surface area contributed by atoms with Gasteiger partial charge in [-0.25, -0.2) is 0 Å². The first-order chi connectivity index (χ1) is 18.7. The lowest BCUT2D eigenvalue weighted by Gasteiger charge is -2.43. The number of esters is 1. The molecule has 0 saturated carbocycles. The van der Waals surface area contributed by atoms with Gasteiger partial charge in [0.1, 0.15) is 12.2 Å². The first kappa shape index (κ1) is 26.5. The van der Waals surface area contributed by atoms with E-state index < -0.39 is 30.8 Å². The summed E-state index contributed by atoms with van der Waals surface area (Å²) in [6, 6.07) is 30.1. The van der Waals surface area contributed by atoms with E-state index >= 15 is 0 Å². The van der Waals surface area contributed by atoms with Crippen LogP contribution in [0.1, 0.15) is 30.0 Å². The van der Waals surface area contributed by atoms with E-state index in [0.29, 0.717) is 32.8 Å². The molecular weight excluding hydrogens is 484 g/mol. The summed E-state index contributed by atoms with van der Waals surface area (Å²) in [7, 11) is 0. The molecule has 38 heavy (non-hydrogen) atoms. The zero-order chi connectivity index (χ0) is 26.2. The van der Waals surface area contributed by atoms with E-state index in [1.54, 1.807) is 0 Å². The van der Waals surface area contributed by atoms with Crippen LogP contribution in [0.5, 0.6) is 0 Å². The van der Waals surface area contributed by atoms with Crippen molar-refractivity contribution >= 4 is 5.97 Å². The minimum absolute atomic E-state index is 0.172.